The Morgan fingerprint density at radius 3 is 1.78 bits per heavy atom. The second kappa shape index (κ2) is 8.90. The molecule has 0 aliphatic carbocycles. The molecule has 0 saturated heterocycles. The highest BCUT2D eigenvalue weighted by atomic mass is 16.1. The smallest absolute Gasteiger partial charge is 0.193 e. The highest BCUT2D eigenvalue weighted by molar-refractivity contribution is 6.09. The van der Waals surface area contributed by atoms with Crippen LogP contribution in [0.1, 0.15) is 46.5 Å². The van der Waals surface area contributed by atoms with E-state index in [0.717, 1.165) is 22.4 Å². The van der Waals surface area contributed by atoms with E-state index in [0.29, 0.717) is 11.1 Å². The zero-order valence-corrected chi connectivity index (χ0v) is 21.4. The number of fused-ring (bicyclic) bond motifs is 2. The number of anilines is 3. The number of hydrogen-bond donors (Lipinski definition) is 0. The zero-order valence-electron chi connectivity index (χ0n) is 21.4. The number of para-hydroxylation sites is 2. The molecule has 1 aliphatic rings. The number of nitrogens with zero attached hydrogens (tertiary/aromatic N) is 1. The third kappa shape index (κ3) is 3.86. The van der Waals surface area contributed by atoms with E-state index in [-0.39, 0.29) is 11.2 Å². The van der Waals surface area contributed by atoms with E-state index in [1.54, 1.807) is 0 Å². The molecular formula is C35H29NO. The molecule has 0 saturated carbocycles. The summed E-state index contributed by atoms with van der Waals surface area (Å²) in [6.07, 6.45) is 0. The summed E-state index contributed by atoms with van der Waals surface area (Å²) in [6, 6.07) is 41.6. The first-order chi connectivity index (χ1) is 17.9. The molecule has 0 unspecified atom stereocenters. The molecule has 0 atom stereocenters. The van der Waals surface area contributed by atoms with E-state index in [1.807, 2.05) is 42.5 Å². The second-order valence-corrected chi connectivity index (χ2v) is 10.3. The normalized spacial score (nSPS) is 13.5. The summed E-state index contributed by atoms with van der Waals surface area (Å²) in [7, 11) is 0. The maximum absolute atomic E-state index is 12.9. The molecule has 0 spiro atoms. The van der Waals surface area contributed by atoms with E-state index in [4.69, 9.17) is 0 Å². The Morgan fingerprint density at radius 1 is 0.622 bits per heavy atom. The molecule has 0 aromatic heterocycles. The van der Waals surface area contributed by atoms with Crippen molar-refractivity contribution in [2.45, 2.75) is 26.2 Å². The maximum Gasteiger partial charge on any atom is 0.193 e. The monoisotopic (exact) mass is 479 g/mol. The van der Waals surface area contributed by atoms with Crippen LogP contribution >= 0.6 is 0 Å². The highest BCUT2D eigenvalue weighted by Crippen LogP contribution is 2.51. The van der Waals surface area contributed by atoms with Gasteiger partial charge in [-0.05, 0) is 65.1 Å². The van der Waals surface area contributed by atoms with Crippen LogP contribution in [0.3, 0.4) is 0 Å². The Kier molecular flexibility index (Phi) is 5.53. The van der Waals surface area contributed by atoms with Gasteiger partial charge in [0, 0.05) is 22.2 Å². The summed E-state index contributed by atoms with van der Waals surface area (Å²) in [5, 5.41) is 0. The summed E-state index contributed by atoms with van der Waals surface area (Å²) in [5.74, 6) is 0.0518. The van der Waals surface area contributed by atoms with Gasteiger partial charge < -0.3 is 4.90 Å². The third-order valence-corrected chi connectivity index (χ3v) is 7.60. The SMILES string of the molecule is Cc1cc(C(=O)c2ccccc2)ccc1-c1ccc(N2c3ccccc3C(C)(C)c3ccccc32)cc1. The molecule has 0 radical (unpaired) electrons. The number of benzene rings is 5. The fraction of sp³-hybridized carbons (Fsp3) is 0.114. The van der Waals surface area contributed by atoms with Gasteiger partial charge in [-0.2, -0.15) is 0 Å². The minimum absolute atomic E-state index is 0.0518. The van der Waals surface area contributed by atoms with Gasteiger partial charge in [-0.15, -0.1) is 0 Å². The van der Waals surface area contributed by atoms with E-state index >= 15 is 0 Å². The van der Waals surface area contributed by atoms with E-state index in [9.17, 15) is 4.79 Å². The highest BCUT2D eigenvalue weighted by Gasteiger charge is 2.36. The number of aryl methyl sites for hydroxylation is 1. The fourth-order valence-corrected chi connectivity index (χ4v) is 5.62. The van der Waals surface area contributed by atoms with Gasteiger partial charge >= 0.3 is 0 Å². The van der Waals surface area contributed by atoms with Crippen LogP contribution < -0.4 is 4.90 Å². The van der Waals surface area contributed by atoms with Crippen LogP contribution in [-0.2, 0) is 5.41 Å². The van der Waals surface area contributed by atoms with Gasteiger partial charge in [0.25, 0.3) is 0 Å². The minimum Gasteiger partial charge on any atom is -0.310 e. The Hall–Kier alpha value is -4.43. The largest absolute Gasteiger partial charge is 0.310 e. The van der Waals surface area contributed by atoms with Crippen molar-refractivity contribution in [3.8, 4) is 11.1 Å². The van der Waals surface area contributed by atoms with Crippen molar-refractivity contribution in [3.63, 3.8) is 0 Å². The molecule has 1 aliphatic heterocycles. The Balaban J connectivity index is 1.36. The van der Waals surface area contributed by atoms with Crippen LogP contribution in [0.25, 0.3) is 11.1 Å². The van der Waals surface area contributed by atoms with E-state index in [1.165, 1.54) is 22.5 Å². The van der Waals surface area contributed by atoms with Crippen LogP contribution in [0.2, 0.25) is 0 Å². The summed E-state index contributed by atoms with van der Waals surface area (Å²) in [4.78, 5) is 15.3. The van der Waals surface area contributed by atoms with Crippen molar-refractivity contribution in [3.05, 3.63) is 149 Å². The van der Waals surface area contributed by atoms with Crippen molar-refractivity contribution in [2.75, 3.05) is 4.90 Å². The van der Waals surface area contributed by atoms with Crippen LogP contribution in [-0.4, -0.2) is 5.78 Å². The molecule has 2 nitrogen and oxygen atoms in total. The van der Waals surface area contributed by atoms with Crippen molar-refractivity contribution >= 4 is 22.8 Å². The molecule has 6 rings (SSSR count). The first-order valence-electron chi connectivity index (χ1n) is 12.7. The Bertz CT molecular complexity index is 1560. The fourth-order valence-electron chi connectivity index (χ4n) is 5.62. The molecule has 0 N–H and O–H groups in total. The predicted molar refractivity (Wildman–Crippen MR) is 153 cm³/mol. The van der Waals surface area contributed by atoms with Gasteiger partial charge in [0.2, 0.25) is 0 Å². The van der Waals surface area contributed by atoms with Gasteiger partial charge in [0.05, 0.1) is 11.4 Å². The lowest BCUT2D eigenvalue weighted by atomic mass is 9.73. The lowest BCUT2D eigenvalue weighted by Gasteiger charge is -2.42. The van der Waals surface area contributed by atoms with Crippen LogP contribution in [0.15, 0.2) is 121 Å². The molecule has 5 aromatic carbocycles. The van der Waals surface area contributed by atoms with Crippen molar-refractivity contribution in [1.29, 1.82) is 0 Å². The first kappa shape index (κ1) is 23.0. The molecular weight excluding hydrogens is 450 g/mol. The lowest BCUT2D eigenvalue weighted by molar-refractivity contribution is 0.103. The standard InChI is InChI=1S/C35H29NO/c1-24-23-27(34(37)26-11-5-4-6-12-26)19-22-29(24)25-17-20-28(21-18-25)36-32-15-9-7-13-30(32)35(2,3)31-14-8-10-16-33(31)36/h4-23H,1-3H3. The van der Waals surface area contributed by atoms with Crippen molar-refractivity contribution in [1.82, 2.24) is 0 Å². The second-order valence-electron chi connectivity index (χ2n) is 10.3. The molecule has 5 aromatic rings. The molecule has 0 bridgehead atoms. The average Bonchev–Trinajstić information content (AvgIpc) is 2.94. The first-order valence-corrected chi connectivity index (χ1v) is 12.7. The Morgan fingerprint density at radius 2 is 1.19 bits per heavy atom. The topological polar surface area (TPSA) is 20.3 Å². The maximum atomic E-state index is 12.9. The quantitative estimate of drug-likeness (QED) is 0.240. The van der Waals surface area contributed by atoms with Gasteiger partial charge in [0.15, 0.2) is 5.78 Å². The lowest BCUT2D eigenvalue weighted by Crippen LogP contribution is -2.30. The Labute approximate surface area is 218 Å². The third-order valence-electron chi connectivity index (χ3n) is 7.60. The van der Waals surface area contributed by atoms with Crippen molar-refractivity contribution < 1.29 is 4.79 Å². The van der Waals surface area contributed by atoms with Crippen molar-refractivity contribution in [2.24, 2.45) is 0 Å². The predicted octanol–water partition coefficient (Wildman–Crippen LogP) is 9.00. The van der Waals surface area contributed by atoms with Crippen LogP contribution in [0.5, 0.6) is 0 Å². The number of rotatable bonds is 4. The van der Waals surface area contributed by atoms with Gasteiger partial charge in [-0.1, -0.05) is 105 Å². The summed E-state index contributed by atoms with van der Waals surface area (Å²) in [6.45, 7) is 6.68. The minimum atomic E-state index is -0.0698. The summed E-state index contributed by atoms with van der Waals surface area (Å²) >= 11 is 0. The van der Waals surface area contributed by atoms with Gasteiger partial charge in [0.1, 0.15) is 0 Å². The number of carbonyl (C=O) groups excluding carboxylic acids is 1. The molecule has 37 heavy (non-hydrogen) atoms. The van der Waals surface area contributed by atoms with E-state index in [2.05, 4.69) is 105 Å². The zero-order chi connectivity index (χ0) is 25.6. The molecule has 2 heteroatoms. The van der Waals surface area contributed by atoms with E-state index < -0.39 is 0 Å². The molecule has 0 fully saturated rings. The van der Waals surface area contributed by atoms with Crippen LogP contribution in [0.4, 0.5) is 17.1 Å². The van der Waals surface area contributed by atoms with Gasteiger partial charge in [-0.3, -0.25) is 4.79 Å². The number of hydrogen-bond acceptors (Lipinski definition) is 2. The van der Waals surface area contributed by atoms with Crippen LogP contribution in [0, 0.1) is 6.92 Å². The number of carbonyl (C=O) groups is 1. The molecule has 180 valence electrons. The number of ketones is 1. The molecule has 1 heterocycles. The summed E-state index contributed by atoms with van der Waals surface area (Å²) < 4.78 is 0. The average molecular weight is 480 g/mol. The van der Waals surface area contributed by atoms with Gasteiger partial charge in [-0.25, -0.2) is 0 Å². The summed E-state index contributed by atoms with van der Waals surface area (Å²) in [5.41, 5.74) is 10.9. The molecule has 0 amide bonds.